The number of esters is 1. The third kappa shape index (κ3) is 6.46. The minimum absolute atomic E-state index is 0.0791. The Morgan fingerprint density at radius 3 is 2.04 bits per heavy atom. The predicted octanol–water partition coefficient (Wildman–Crippen LogP) is 3.61. The third-order valence-electron chi connectivity index (χ3n) is 3.36. The molecule has 2 aromatic carbocycles. The lowest BCUT2D eigenvalue weighted by molar-refractivity contribution is -0.274. The summed E-state index contributed by atoms with van der Waals surface area (Å²) >= 11 is 0. The van der Waals surface area contributed by atoms with Crippen LogP contribution in [0.25, 0.3) is 0 Å². The Kier molecular flexibility index (Phi) is 6.21. The first-order valence-electron chi connectivity index (χ1n) is 7.55. The fraction of sp³-hybridized carbons (Fsp3) is 0.222. The maximum absolute atomic E-state index is 12.1. The van der Waals surface area contributed by atoms with E-state index in [0.29, 0.717) is 12.0 Å². The Bertz CT molecular complexity index is 752. The highest BCUT2D eigenvalue weighted by molar-refractivity contribution is 5.87. The van der Waals surface area contributed by atoms with Crippen molar-refractivity contribution in [2.75, 3.05) is 6.61 Å². The Balaban J connectivity index is 1.77. The van der Waals surface area contributed by atoms with Crippen molar-refractivity contribution in [2.24, 2.45) is 0 Å². The lowest BCUT2D eigenvalue weighted by Gasteiger charge is -2.09. The number of carbonyl (C=O) groups excluding carboxylic acids is 1. The van der Waals surface area contributed by atoms with Crippen molar-refractivity contribution in [3.8, 4) is 5.75 Å². The van der Waals surface area contributed by atoms with Crippen molar-refractivity contribution in [1.29, 1.82) is 0 Å². The van der Waals surface area contributed by atoms with Gasteiger partial charge in [-0.1, -0.05) is 24.3 Å². The van der Waals surface area contributed by atoms with Gasteiger partial charge in [-0.3, -0.25) is 4.79 Å². The molecule has 2 aromatic rings. The standard InChI is InChI=1S/C18H15F3O5/c19-18(20,21)26-15-7-3-13(4-8-15)11-16(22)25-10-9-12-1-5-14(6-2-12)17(23)24/h1-8H,9-11H2,(H,23,24). The number of hydrogen-bond donors (Lipinski definition) is 1. The van der Waals surface area contributed by atoms with E-state index in [0.717, 1.165) is 17.7 Å². The highest BCUT2D eigenvalue weighted by atomic mass is 19.4. The van der Waals surface area contributed by atoms with E-state index in [2.05, 4.69) is 4.74 Å². The van der Waals surface area contributed by atoms with E-state index in [-0.39, 0.29) is 24.3 Å². The van der Waals surface area contributed by atoms with Gasteiger partial charge in [-0.2, -0.15) is 0 Å². The molecule has 8 heteroatoms. The highest BCUT2D eigenvalue weighted by Gasteiger charge is 2.30. The number of aromatic carboxylic acids is 1. The van der Waals surface area contributed by atoms with Crippen LogP contribution in [0.3, 0.4) is 0 Å². The van der Waals surface area contributed by atoms with Crippen LogP contribution in [0.15, 0.2) is 48.5 Å². The first-order valence-corrected chi connectivity index (χ1v) is 7.55. The number of carbonyl (C=O) groups is 2. The van der Waals surface area contributed by atoms with Gasteiger partial charge in [0.15, 0.2) is 0 Å². The van der Waals surface area contributed by atoms with Gasteiger partial charge in [-0.25, -0.2) is 4.79 Å². The van der Waals surface area contributed by atoms with Crippen LogP contribution in [0, 0.1) is 0 Å². The molecule has 0 heterocycles. The van der Waals surface area contributed by atoms with Crippen LogP contribution in [0.2, 0.25) is 0 Å². The van der Waals surface area contributed by atoms with Crippen molar-refractivity contribution in [1.82, 2.24) is 0 Å². The number of hydrogen-bond acceptors (Lipinski definition) is 4. The summed E-state index contributed by atoms with van der Waals surface area (Å²) in [5.41, 5.74) is 1.48. The number of carboxylic acids is 1. The molecule has 0 aromatic heterocycles. The number of halogens is 3. The van der Waals surface area contributed by atoms with Gasteiger partial charge >= 0.3 is 18.3 Å². The first kappa shape index (κ1) is 19.3. The zero-order valence-corrected chi connectivity index (χ0v) is 13.5. The van der Waals surface area contributed by atoms with E-state index in [1.807, 2.05) is 0 Å². The second kappa shape index (κ2) is 8.37. The minimum atomic E-state index is -4.76. The van der Waals surface area contributed by atoms with Gasteiger partial charge in [-0.15, -0.1) is 13.2 Å². The molecule has 5 nitrogen and oxygen atoms in total. The van der Waals surface area contributed by atoms with E-state index in [1.54, 1.807) is 12.1 Å². The number of ether oxygens (including phenoxy) is 2. The number of rotatable bonds is 7. The summed E-state index contributed by atoms with van der Waals surface area (Å²) in [5, 5.41) is 8.80. The molecule has 138 valence electrons. The van der Waals surface area contributed by atoms with E-state index in [1.165, 1.54) is 24.3 Å². The van der Waals surface area contributed by atoms with Gasteiger partial charge in [0.1, 0.15) is 5.75 Å². The summed E-state index contributed by atoms with van der Waals surface area (Å²) in [4.78, 5) is 22.5. The summed E-state index contributed by atoms with van der Waals surface area (Å²) in [5.74, 6) is -1.90. The fourth-order valence-corrected chi connectivity index (χ4v) is 2.12. The molecular formula is C18H15F3O5. The van der Waals surface area contributed by atoms with E-state index in [9.17, 15) is 22.8 Å². The second-order valence-electron chi connectivity index (χ2n) is 5.34. The van der Waals surface area contributed by atoms with Crippen molar-refractivity contribution >= 4 is 11.9 Å². The number of benzene rings is 2. The molecule has 0 aliphatic carbocycles. The molecule has 0 saturated carbocycles. The smallest absolute Gasteiger partial charge is 0.478 e. The average Bonchev–Trinajstić information content (AvgIpc) is 2.56. The largest absolute Gasteiger partial charge is 0.573 e. The molecule has 0 amide bonds. The zero-order valence-electron chi connectivity index (χ0n) is 13.5. The molecule has 0 aliphatic heterocycles. The van der Waals surface area contributed by atoms with Crippen molar-refractivity contribution in [3.05, 3.63) is 65.2 Å². The minimum Gasteiger partial charge on any atom is -0.478 e. The topological polar surface area (TPSA) is 72.8 Å². The normalized spacial score (nSPS) is 11.0. The van der Waals surface area contributed by atoms with Crippen molar-refractivity contribution in [3.63, 3.8) is 0 Å². The molecule has 0 spiro atoms. The molecule has 0 saturated heterocycles. The Hall–Kier alpha value is -3.03. The van der Waals surface area contributed by atoms with Crippen LogP contribution in [0.4, 0.5) is 13.2 Å². The maximum Gasteiger partial charge on any atom is 0.573 e. The van der Waals surface area contributed by atoms with E-state index in [4.69, 9.17) is 9.84 Å². The van der Waals surface area contributed by atoms with Crippen LogP contribution in [-0.2, 0) is 22.4 Å². The van der Waals surface area contributed by atoms with Crippen molar-refractivity contribution < 1.29 is 37.3 Å². The molecule has 0 bridgehead atoms. The van der Waals surface area contributed by atoms with Gasteiger partial charge in [0.05, 0.1) is 18.6 Å². The predicted molar refractivity (Wildman–Crippen MR) is 84.9 cm³/mol. The fourth-order valence-electron chi connectivity index (χ4n) is 2.12. The first-order chi connectivity index (χ1) is 12.2. The lowest BCUT2D eigenvalue weighted by Crippen LogP contribution is -2.17. The van der Waals surface area contributed by atoms with Gasteiger partial charge in [0.25, 0.3) is 0 Å². The van der Waals surface area contributed by atoms with Gasteiger partial charge in [-0.05, 0) is 35.4 Å². The Morgan fingerprint density at radius 1 is 0.923 bits per heavy atom. The van der Waals surface area contributed by atoms with E-state index < -0.39 is 18.3 Å². The molecule has 1 N–H and O–H groups in total. The van der Waals surface area contributed by atoms with Gasteiger partial charge in [0, 0.05) is 6.42 Å². The number of alkyl halides is 3. The third-order valence-corrected chi connectivity index (χ3v) is 3.36. The molecule has 0 unspecified atom stereocenters. The second-order valence-corrected chi connectivity index (χ2v) is 5.34. The Morgan fingerprint density at radius 2 is 1.50 bits per heavy atom. The van der Waals surface area contributed by atoms with Crippen LogP contribution in [-0.4, -0.2) is 30.0 Å². The molecule has 2 rings (SSSR count). The average molecular weight is 368 g/mol. The Labute approximate surface area is 147 Å². The van der Waals surface area contributed by atoms with Crippen LogP contribution in [0.5, 0.6) is 5.75 Å². The van der Waals surface area contributed by atoms with Crippen LogP contribution in [0.1, 0.15) is 21.5 Å². The van der Waals surface area contributed by atoms with Gasteiger partial charge in [0.2, 0.25) is 0 Å². The quantitative estimate of drug-likeness (QED) is 0.756. The highest BCUT2D eigenvalue weighted by Crippen LogP contribution is 2.22. The number of carboxylic acid groups (broad SMARTS) is 1. The SMILES string of the molecule is O=C(Cc1ccc(OC(F)(F)F)cc1)OCCc1ccc(C(=O)O)cc1. The molecule has 0 aliphatic rings. The monoisotopic (exact) mass is 368 g/mol. The zero-order chi connectivity index (χ0) is 19.2. The van der Waals surface area contributed by atoms with Crippen LogP contribution >= 0.6 is 0 Å². The summed E-state index contributed by atoms with van der Waals surface area (Å²) in [6, 6.07) is 11.2. The lowest BCUT2D eigenvalue weighted by atomic mass is 10.1. The molecule has 0 atom stereocenters. The summed E-state index contributed by atoms with van der Waals surface area (Å²) in [6.45, 7) is 0.112. The summed E-state index contributed by atoms with van der Waals surface area (Å²) < 4.78 is 45.0. The molecular weight excluding hydrogens is 353 g/mol. The van der Waals surface area contributed by atoms with E-state index >= 15 is 0 Å². The maximum atomic E-state index is 12.1. The van der Waals surface area contributed by atoms with Gasteiger partial charge < -0.3 is 14.6 Å². The summed E-state index contributed by atoms with van der Waals surface area (Å²) in [6.07, 6.45) is -4.42. The molecule has 0 fully saturated rings. The van der Waals surface area contributed by atoms with Crippen molar-refractivity contribution in [2.45, 2.75) is 19.2 Å². The molecule has 26 heavy (non-hydrogen) atoms. The van der Waals surface area contributed by atoms with Crippen LogP contribution < -0.4 is 4.74 Å². The summed E-state index contributed by atoms with van der Waals surface area (Å²) in [7, 11) is 0. The molecule has 0 radical (unpaired) electrons.